The number of aryl methyl sites for hydroxylation is 1. The van der Waals surface area contributed by atoms with E-state index in [0.29, 0.717) is 24.1 Å². The molecule has 5 rings (SSSR count). The van der Waals surface area contributed by atoms with E-state index in [4.69, 9.17) is 4.98 Å². The van der Waals surface area contributed by atoms with Crippen molar-refractivity contribution in [2.45, 2.75) is 19.1 Å². The lowest BCUT2D eigenvalue weighted by Crippen LogP contribution is -2.14. The number of Topliss-reactive ketones (excluding diaryl/α,β-unsaturated/α-hetero) is 1. The van der Waals surface area contributed by atoms with Crippen molar-refractivity contribution in [3.8, 4) is 22.5 Å². The molecule has 144 valence electrons. The largest absolute Gasteiger partial charge is 0.416 e. The van der Waals surface area contributed by atoms with E-state index in [1.165, 1.54) is 12.1 Å². The molecule has 3 nitrogen and oxygen atoms in total. The molecule has 1 aliphatic rings. The number of carbonyl (C=O) groups excluding carboxylic acids is 1. The molecule has 0 bridgehead atoms. The maximum atomic E-state index is 12.7. The normalized spacial score (nSPS) is 13.8. The van der Waals surface area contributed by atoms with E-state index < -0.39 is 11.7 Å². The Morgan fingerprint density at radius 2 is 1.45 bits per heavy atom. The second kappa shape index (κ2) is 6.30. The molecule has 0 spiro atoms. The number of alkyl halides is 3. The molecule has 0 saturated heterocycles. The van der Waals surface area contributed by atoms with Gasteiger partial charge in [0.2, 0.25) is 0 Å². The first-order valence-electron chi connectivity index (χ1n) is 9.22. The van der Waals surface area contributed by atoms with Gasteiger partial charge in [0.25, 0.3) is 0 Å². The van der Waals surface area contributed by atoms with Gasteiger partial charge >= 0.3 is 6.18 Å². The Balaban J connectivity index is 1.52. The lowest BCUT2D eigenvalue weighted by Gasteiger charge is -2.16. The van der Waals surface area contributed by atoms with Crippen LogP contribution in [0, 0.1) is 0 Å². The summed E-state index contributed by atoms with van der Waals surface area (Å²) in [7, 11) is 0. The summed E-state index contributed by atoms with van der Waals surface area (Å²) < 4.78 is 40.3. The average Bonchev–Trinajstić information content (AvgIpc) is 3.10. The molecule has 0 radical (unpaired) electrons. The van der Waals surface area contributed by atoms with Gasteiger partial charge in [0, 0.05) is 24.1 Å². The van der Waals surface area contributed by atoms with Crippen molar-refractivity contribution in [3.05, 3.63) is 77.9 Å². The summed E-state index contributed by atoms with van der Waals surface area (Å²) in [5, 5.41) is 0. The molecule has 0 saturated carbocycles. The molecule has 0 amide bonds. The maximum Gasteiger partial charge on any atom is 0.416 e. The van der Waals surface area contributed by atoms with E-state index in [1.807, 2.05) is 42.5 Å². The van der Waals surface area contributed by atoms with E-state index >= 15 is 0 Å². The van der Waals surface area contributed by atoms with E-state index in [0.717, 1.165) is 40.1 Å². The van der Waals surface area contributed by atoms with Crippen molar-refractivity contribution in [2.24, 2.45) is 0 Å². The topological polar surface area (TPSA) is 34.9 Å². The number of hydrogen-bond donors (Lipinski definition) is 0. The molecule has 6 heteroatoms. The van der Waals surface area contributed by atoms with Gasteiger partial charge in [0.15, 0.2) is 5.78 Å². The van der Waals surface area contributed by atoms with Crippen LogP contribution in [0.15, 0.2) is 66.7 Å². The van der Waals surface area contributed by atoms with Crippen LogP contribution in [-0.2, 0) is 12.7 Å². The molecular weight excluding hydrogens is 377 g/mol. The van der Waals surface area contributed by atoms with Crippen molar-refractivity contribution >= 4 is 16.8 Å². The third-order valence-electron chi connectivity index (χ3n) is 5.32. The minimum Gasteiger partial charge on any atom is -0.323 e. The molecule has 0 fully saturated rings. The number of carbonyl (C=O) groups is 1. The number of halogens is 3. The third kappa shape index (κ3) is 2.92. The number of imidazole rings is 1. The standard InChI is InChI=1S/C23H15F3N2O/c24-23(25,26)17-10-8-15(9-11-17)14-4-6-16(7-5-14)22-27-19-3-1-2-18-20(29)12-13-28(22)21(18)19/h1-11H,12-13H2. The lowest BCUT2D eigenvalue weighted by molar-refractivity contribution is -0.137. The first-order valence-corrected chi connectivity index (χ1v) is 9.22. The van der Waals surface area contributed by atoms with Gasteiger partial charge in [-0.3, -0.25) is 4.79 Å². The van der Waals surface area contributed by atoms with Crippen LogP contribution in [0.2, 0.25) is 0 Å². The Morgan fingerprint density at radius 1 is 0.828 bits per heavy atom. The molecule has 2 heterocycles. The highest BCUT2D eigenvalue weighted by molar-refractivity contribution is 6.08. The van der Waals surface area contributed by atoms with Crippen LogP contribution in [0.25, 0.3) is 33.5 Å². The minimum absolute atomic E-state index is 0.132. The highest BCUT2D eigenvalue weighted by Crippen LogP contribution is 2.33. The lowest BCUT2D eigenvalue weighted by atomic mass is 10.0. The molecule has 0 atom stereocenters. The van der Waals surface area contributed by atoms with Gasteiger partial charge < -0.3 is 4.57 Å². The SMILES string of the molecule is O=C1CCn2c(-c3ccc(-c4ccc(C(F)(F)F)cc4)cc3)nc3cccc1c32. The number of para-hydroxylation sites is 1. The van der Waals surface area contributed by atoms with Crippen LogP contribution < -0.4 is 0 Å². The Morgan fingerprint density at radius 3 is 2.10 bits per heavy atom. The number of rotatable bonds is 2. The van der Waals surface area contributed by atoms with Crippen molar-refractivity contribution in [1.29, 1.82) is 0 Å². The number of nitrogens with zero attached hydrogens (tertiary/aromatic N) is 2. The second-order valence-corrected chi connectivity index (χ2v) is 7.09. The first kappa shape index (κ1) is 17.7. The highest BCUT2D eigenvalue weighted by atomic mass is 19.4. The fourth-order valence-corrected chi connectivity index (χ4v) is 3.86. The number of benzene rings is 3. The fraction of sp³-hybridized carbons (Fsp3) is 0.130. The van der Waals surface area contributed by atoms with Crippen molar-refractivity contribution in [1.82, 2.24) is 9.55 Å². The summed E-state index contributed by atoms with van der Waals surface area (Å²) in [6.07, 6.45) is -3.90. The molecule has 29 heavy (non-hydrogen) atoms. The fourth-order valence-electron chi connectivity index (χ4n) is 3.86. The smallest absolute Gasteiger partial charge is 0.323 e. The Kier molecular flexibility index (Phi) is 3.84. The molecule has 0 N–H and O–H groups in total. The monoisotopic (exact) mass is 392 g/mol. The second-order valence-electron chi connectivity index (χ2n) is 7.09. The van der Waals surface area contributed by atoms with Gasteiger partial charge in [-0.15, -0.1) is 0 Å². The van der Waals surface area contributed by atoms with Crippen molar-refractivity contribution < 1.29 is 18.0 Å². The molecule has 3 aromatic carbocycles. The average molecular weight is 392 g/mol. The number of hydrogen-bond acceptors (Lipinski definition) is 2. The van der Waals surface area contributed by atoms with Crippen LogP contribution in [0.5, 0.6) is 0 Å². The van der Waals surface area contributed by atoms with Gasteiger partial charge in [0.1, 0.15) is 5.82 Å². The van der Waals surface area contributed by atoms with Crippen molar-refractivity contribution in [3.63, 3.8) is 0 Å². The van der Waals surface area contributed by atoms with Gasteiger partial charge in [-0.2, -0.15) is 13.2 Å². The van der Waals surface area contributed by atoms with Crippen molar-refractivity contribution in [2.75, 3.05) is 0 Å². The zero-order valence-corrected chi connectivity index (χ0v) is 15.2. The summed E-state index contributed by atoms with van der Waals surface area (Å²) in [5.74, 6) is 0.922. The van der Waals surface area contributed by atoms with Crippen LogP contribution in [-0.4, -0.2) is 15.3 Å². The Bertz CT molecular complexity index is 1240. The molecular formula is C23H15F3N2O. The van der Waals surface area contributed by atoms with Gasteiger partial charge in [0.05, 0.1) is 16.6 Å². The zero-order chi connectivity index (χ0) is 20.2. The van der Waals surface area contributed by atoms with E-state index in [-0.39, 0.29) is 5.78 Å². The first-order chi connectivity index (χ1) is 13.9. The maximum absolute atomic E-state index is 12.7. The quantitative estimate of drug-likeness (QED) is 0.421. The van der Waals surface area contributed by atoms with Crippen LogP contribution in [0.4, 0.5) is 13.2 Å². The summed E-state index contributed by atoms with van der Waals surface area (Å²) in [6, 6.07) is 18.3. The van der Waals surface area contributed by atoms with Gasteiger partial charge in [-0.05, 0) is 35.4 Å². The Hall–Kier alpha value is -3.41. The zero-order valence-electron chi connectivity index (χ0n) is 15.2. The predicted octanol–water partition coefficient (Wildman–Crippen LogP) is 5.98. The van der Waals surface area contributed by atoms with Gasteiger partial charge in [-0.1, -0.05) is 42.5 Å². The number of ketones is 1. The molecule has 0 unspecified atom stereocenters. The number of aromatic nitrogens is 2. The summed E-state index contributed by atoms with van der Waals surface area (Å²) in [5.41, 5.74) is 4.14. The van der Waals surface area contributed by atoms with E-state index in [1.54, 1.807) is 0 Å². The molecule has 0 aliphatic carbocycles. The third-order valence-corrected chi connectivity index (χ3v) is 5.32. The molecule has 4 aromatic rings. The molecule has 1 aliphatic heterocycles. The highest BCUT2D eigenvalue weighted by Gasteiger charge is 2.30. The summed E-state index contributed by atoms with van der Waals surface area (Å²) in [4.78, 5) is 16.9. The predicted molar refractivity (Wildman–Crippen MR) is 105 cm³/mol. The van der Waals surface area contributed by atoms with Crippen LogP contribution in [0.3, 0.4) is 0 Å². The Labute approximate surface area is 164 Å². The van der Waals surface area contributed by atoms with Crippen LogP contribution >= 0.6 is 0 Å². The van der Waals surface area contributed by atoms with E-state index in [9.17, 15) is 18.0 Å². The van der Waals surface area contributed by atoms with Gasteiger partial charge in [-0.25, -0.2) is 4.98 Å². The van der Waals surface area contributed by atoms with E-state index in [2.05, 4.69) is 4.57 Å². The molecule has 1 aromatic heterocycles. The minimum atomic E-state index is -4.34. The summed E-state index contributed by atoms with van der Waals surface area (Å²) >= 11 is 0. The van der Waals surface area contributed by atoms with Crippen LogP contribution in [0.1, 0.15) is 22.3 Å². The summed E-state index contributed by atoms with van der Waals surface area (Å²) in [6.45, 7) is 0.586.